The van der Waals surface area contributed by atoms with Crippen molar-refractivity contribution in [3.8, 4) is 0 Å². The second kappa shape index (κ2) is 17.3. The Morgan fingerprint density at radius 2 is 1.36 bits per heavy atom. The van der Waals surface area contributed by atoms with Crippen LogP contribution in [0.2, 0.25) is 0 Å². The molecule has 0 bridgehead atoms. The number of rotatable bonds is 14. The number of benzene rings is 2. The van der Waals surface area contributed by atoms with Crippen molar-refractivity contribution in [2.75, 3.05) is 6.54 Å². The topological polar surface area (TPSA) is 114 Å². The molecular formula is C38H57N3O6. The van der Waals surface area contributed by atoms with Gasteiger partial charge in [-0.1, -0.05) is 82.1 Å². The molecule has 0 heterocycles. The Morgan fingerprint density at radius 3 is 1.87 bits per heavy atom. The molecule has 0 aromatic heterocycles. The van der Waals surface area contributed by atoms with E-state index in [1.54, 1.807) is 46.4 Å². The molecule has 3 unspecified atom stereocenters. The van der Waals surface area contributed by atoms with Crippen LogP contribution >= 0.6 is 0 Å². The Labute approximate surface area is 282 Å². The van der Waals surface area contributed by atoms with Crippen LogP contribution in [0.15, 0.2) is 48.5 Å². The zero-order chi connectivity index (χ0) is 35.5. The number of nitrogens with zero attached hydrogens (tertiary/aromatic N) is 1. The van der Waals surface area contributed by atoms with Crippen molar-refractivity contribution in [1.82, 2.24) is 15.5 Å². The van der Waals surface area contributed by atoms with Crippen LogP contribution < -0.4 is 10.6 Å². The van der Waals surface area contributed by atoms with E-state index < -0.39 is 53.2 Å². The predicted molar refractivity (Wildman–Crippen MR) is 186 cm³/mol. The number of hydrogen-bond acceptors (Lipinski definition) is 6. The number of aryl methyl sites for hydroxylation is 2. The predicted octanol–water partition coefficient (Wildman–Crippen LogP) is 6.98. The summed E-state index contributed by atoms with van der Waals surface area (Å²) in [5, 5.41) is 5.76. The Morgan fingerprint density at radius 1 is 0.787 bits per heavy atom. The van der Waals surface area contributed by atoms with Crippen molar-refractivity contribution in [1.29, 1.82) is 0 Å². The summed E-state index contributed by atoms with van der Waals surface area (Å²) in [5.41, 5.74) is 1.66. The Hall–Kier alpha value is -3.88. The largest absolute Gasteiger partial charge is 0.458 e. The number of hydrogen-bond donors (Lipinski definition) is 2. The van der Waals surface area contributed by atoms with Gasteiger partial charge in [0.2, 0.25) is 11.8 Å². The maximum atomic E-state index is 14.7. The van der Waals surface area contributed by atoms with E-state index in [-0.39, 0.29) is 18.9 Å². The van der Waals surface area contributed by atoms with Crippen LogP contribution in [0, 0.1) is 19.8 Å². The minimum absolute atomic E-state index is 0.208. The van der Waals surface area contributed by atoms with Crippen molar-refractivity contribution in [2.24, 2.45) is 5.92 Å². The third-order valence-electron chi connectivity index (χ3n) is 7.56. The molecular weight excluding hydrogens is 594 g/mol. The van der Waals surface area contributed by atoms with Crippen molar-refractivity contribution in [3.63, 3.8) is 0 Å². The lowest BCUT2D eigenvalue weighted by molar-refractivity contribution is -0.159. The van der Waals surface area contributed by atoms with Gasteiger partial charge in [-0.3, -0.25) is 9.59 Å². The highest BCUT2D eigenvalue weighted by Gasteiger charge is 2.40. The molecule has 3 amide bonds. The monoisotopic (exact) mass is 651 g/mol. The highest BCUT2D eigenvalue weighted by Crippen LogP contribution is 2.30. The van der Waals surface area contributed by atoms with Crippen molar-refractivity contribution in [3.05, 3.63) is 70.8 Å². The van der Waals surface area contributed by atoms with Gasteiger partial charge in [-0.05, 0) is 90.0 Å². The first kappa shape index (κ1) is 39.3. The minimum atomic E-state index is -1.08. The first-order valence-electron chi connectivity index (χ1n) is 16.8. The van der Waals surface area contributed by atoms with Crippen LogP contribution in [-0.4, -0.2) is 58.6 Å². The molecule has 2 aromatic rings. The minimum Gasteiger partial charge on any atom is -0.458 e. The highest BCUT2D eigenvalue weighted by atomic mass is 16.6. The maximum absolute atomic E-state index is 14.7. The first-order chi connectivity index (χ1) is 21.8. The lowest BCUT2D eigenvalue weighted by atomic mass is 9.92. The summed E-state index contributed by atoms with van der Waals surface area (Å²) in [4.78, 5) is 57.3. The van der Waals surface area contributed by atoms with Gasteiger partial charge < -0.3 is 25.0 Å². The second-order valence-electron chi connectivity index (χ2n) is 14.6. The number of unbranched alkanes of at least 4 members (excludes halogenated alkanes) is 2. The molecule has 9 nitrogen and oxygen atoms in total. The highest BCUT2D eigenvalue weighted by molar-refractivity contribution is 5.94. The van der Waals surface area contributed by atoms with E-state index in [4.69, 9.17) is 9.47 Å². The SMILES string of the molecule is CCCCCN(C(=O)C(NC(=O)OC(C)(C)C)C(C)C)C(C(=O)NC(Cc1ccccc1)C(=O)OC(C)(C)C)c1c(C)cccc1C. The summed E-state index contributed by atoms with van der Waals surface area (Å²) in [7, 11) is 0. The van der Waals surface area contributed by atoms with E-state index >= 15 is 0 Å². The molecule has 0 aliphatic carbocycles. The van der Waals surface area contributed by atoms with Gasteiger partial charge in [-0.25, -0.2) is 9.59 Å². The number of nitrogens with one attached hydrogen (secondary N) is 2. The van der Waals surface area contributed by atoms with Gasteiger partial charge >= 0.3 is 12.1 Å². The molecule has 2 N–H and O–H groups in total. The van der Waals surface area contributed by atoms with E-state index in [1.165, 1.54) is 0 Å². The smallest absolute Gasteiger partial charge is 0.408 e. The molecule has 0 radical (unpaired) electrons. The third kappa shape index (κ3) is 12.7. The molecule has 2 rings (SSSR count). The van der Waals surface area contributed by atoms with E-state index in [9.17, 15) is 19.2 Å². The van der Waals surface area contributed by atoms with Gasteiger partial charge in [0.15, 0.2) is 0 Å². The van der Waals surface area contributed by atoms with Gasteiger partial charge in [0, 0.05) is 13.0 Å². The van der Waals surface area contributed by atoms with Crippen LogP contribution in [-0.2, 0) is 30.3 Å². The van der Waals surface area contributed by atoms with Crippen LogP contribution in [0.3, 0.4) is 0 Å². The number of amides is 3. The molecule has 2 aromatic carbocycles. The second-order valence-corrected chi connectivity index (χ2v) is 14.6. The van der Waals surface area contributed by atoms with Gasteiger partial charge in [-0.15, -0.1) is 0 Å². The maximum Gasteiger partial charge on any atom is 0.408 e. The molecule has 0 fully saturated rings. The summed E-state index contributed by atoms with van der Waals surface area (Å²) in [5.74, 6) is -1.77. The fourth-order valence-electron chi connectivity index (χ4n) is 5.38. The lowest BCUT2D eigenvalue weighted by Gasteiger charge is -2.37. The zero-order valence-corrected chi connectivity index (χ0v) is 30.4. The number of carbonyl (C=O) groups excluding carboxylic acids is 4. The molecule has 0 aliphatic rings. The first-order valence-corrected chi connectivity index (χ1v) is 16.8. The Bertz CT molecular complexity index is 1320. The molecule has 3 atom stereocenters. The number of ether oxygens (including phenoxy) is 2. The fraction of sp³-hybridized carbons (Fsp3) is 0.579. The number of esters is 1. The summed E-state index contributed by atoms with van der Waals surface area (Å²) in [6.45, 7) is 20.5. The van der Waals surface area contributed by atoms with E-state index in [2.05, 4.69) is 17.6 Å². The van der Waals surface area contributed by atoms with Crippen LogP contribution in [0.25, 0.3) is 0 Å². The Balaban J connectivity index is 2.68. The normalized spacial score (nSPS) is 13.7. The van der Waals surface area contributed by atoms with Gasteiger partial charge in [0.25, 0.3) is 0 Å². The summed E-state index contributed by atoms with van der Waals surface area (Å²) in [6.07, 6.45) is 1.89. The summed E-state index contributed by atoms with van der Waals surface area (Å²) in [6, 6.07) is 12.1. The molecule has 260 valence electrons. The molecule has 9 heteroatoms. The Kier molecular flexibility index (Phi) is 14.5. The molecule has 0 spiro atoms. The molecule has 0 saturated carbocycles. The van der Waals surface area contributed by atoms with Gasteiger partial charge in [0.1, 0.15) is 29.3 Å². The van der Waals surface area contributed by atoms with E-state index in [0.29, 0.717) is 12.0 Å². The average molecular weight is 652 g/mol. The molecule has 0 aliphatic heterocycles. The zero-order valence-electron chi connectivity index (χ0n) is 30.4. The third-order valence-corrected chi connectivity index (χ3v) is 7.56. The van der Waals surface area contributed by atoms with Crippen molar-refractivity contribution in [2.45, 2.75) is 131 Å². The standard InChI is InChI=1S/C38H57N3O6/c1-12-13-17-23-41(34(43)31(25(2)3)40-36(45)47-38(9,10)11)32(30-26(4)19-18-20-27(30)5)33(42)39-29(35(44)46-37(6,7)8)24-28-21-15-14-16-22-28/h14-16,18-22,25,29,31-32H,12-13,17,23-24H2,1-11H3,(H,39,42)(H,40,45). The van der Waals surface area contributed by atoms with Crippen LogP contribution in [0.4, 0.5) is 4.79 Å². The van der Waals surface area contributed by atoms with Crippen LogP contribution in [0.1, 0.15) is 110 Å². The summed E-state index contributed by atoms with van der Waals surface area (Å²) >= 11 is 0. The summed E-state index contributed by atoms with van der Waals surface area (Å²) < 4.78 is 11.3. The number of carbonyl (C=O) groups is 4. The van der Waals surface area contributed by atoms with Crippen molar-refractivity contribution >= 4 is 23.9 Å². The average Bonchev–Trinajstić information content (AvgIpc) is 2.94. The van der Waals surface area contributed by atoms with E-state index in [1.807, 2.05) is 76.2 Å². The van der Waals surface area contributed by atoms with Crippen molar-refractivity contribution < 1.29 is 28.7 Å². The van der Waals surface area contributed by atoms with Crippen LogP contribution in [0.5, 0.6) is 0 Å². The van der Waals surface area contributed by atoms with Gasteiger partial charge in [-0.2, -0.15) is 0 Å². The lowest BCUT2D eigenvalue weighted by Crippen LogP contribution is -2.56. The fourth-order valence-corrected chi connectivity index (χ4v) is 5.38. The van der Waals surface area contributed by atoms with E-state index in [0.717, 1.165) is 29.5 Å². The molecule has 0 saturated heterocycles. The van der Waals surface area contributed by atoms with Gasteiger partial charge in [0.05, 0.1) is 0 Å². The quantitative estimate of drug-likeness (QED) is 0.168. The molecule has 47 heavy (non-hydrogen) atoms. The number of alkyl carbamates (subject to hydrolysis) is 1.